The molecule has 3 heteroatoms. The Balaban J connectivity index is 1.77. The molecular formula is C16H23N3. The highest BCUT2D eigenvalue weighted by Crippen LogP contribution is 2.02. The van der Waals surface area contributed by atoms with Crippen molar-refractivity contribution in [3.63, 3.8) is 0 Å². The molecule has 2 rings (SSSR count). The Morgan fingerprint density at radius 3 is 2.68 bits per heavy atom. The Labute approximate surface area is 115 Å². The Bertz CT molecular complexity index is 474. The molecule has 1 heterocycles. The summed E-state index contributed by atoms with van der Waals surface area (Å²) in [7, 11) is 0. The number of rotatable bonds is 7. The first-order chi connectivity index (χ1) is 9.24. The number of aromatic nitrogens is 2. The first kappa shape index (κ1) is 13.8. The number of aryl methyl sites for hydroxylation is 2. The highest BCUT2D eigenvalue weighted by atomic mass is 15.3. The van der Waals surface area contributed by atoms with Crippen molar-refractivity contribution in [2.45, 2.75) is 33.4 Å². The van der Waals surface area contributed by atoms with Crippen LogP contribution < -0.4 is 5.32 Å². The fraction of sp³-hybridized carbons (Fsp3) is 0.438. The number of hydrogen-bond acceptors (Lipinski definition) is 2. The van der Waals surface area contributed by atoms with Crippen molar-refractivity contribution in [2.75, 3.05) is 6.54 Å². The lowest BCUT2D eigenvalue weighted by atomic mass is 10.2. The minimum absolute atomic E-state index is 0.681. The van der Waals surface area contributed by atoms with E-state index in [2.05, 4.69) is 66.9 Å². The molecular weight excluding hydrogens is 234 g/mol. The topological polar surface area (TPSA) is 29.9 Å². The average Bonchev–Trinajstić information content (AvgIpc) is 2.85. The number of nitrogens with zero attached hydrogens (tertiary/aromatic N) is 2. The maximum absolute atomic E-state index is 4.58. The van der Waals surface area contributed by atoms with E-state index in [4.69, 9.17) is 0 Å². The highest BCUT2D eigenvalue weighted by Gasteiger charge is 2.00. The molecule has 1 N–H and O–H groups in total. The third-order valence-corrected chi connectivity index (χ3v) is 3.03. The van der Waals surface area contributed by atoms with Gasteiger partial charge in [0.2, 0.25) is 0 Å². The molecule has 0 fully saturated rings. The van der Waals surface area contributed by atoms with E-state index in [1.165, 1.54) is 5.56 Å². The van der Waals surface area contributed by atoms with Crippen molar-refractivity contribution < 1.29 is 0 Å². The first-order valence-electron chi connectivity index (χ1n) is 7.01. The SMILES string of the molecule is CC(C)CNCc1ccn(CCc2ccccc2)n1. The lowest BCUT2D eigenvalue weighted by Gasteiger charge is -2.05. The molecule has 0 aliphatic rings. The van der Waals surface area contributed by atoms with Gasteiger partial charge in [-0.2, -0.15) is 5.10 Å². The largest absolute Gasteiger partial charge is 0.311 e. The lowest BCUT2D eigenvalue weighted by Crippen LogP contribution is -2.19. The molecule has 19 heavy (non-hydrogen) atoms. The molecule has 0 saturated carbocycles. The van der Waals surface area contributed by atoms with Gasteiger partial charge in [-0.05, 0) is 30.5 Å². The summed E-state index contributed by atoms with van der Waals surface area (Å²) in [5.74, 6) is 0.681. The van der Waals surface area contributed by atoms with Gasteiger partial charge in [0, 0.05) is 19.3 Å². The van der Waals surface area contributed by atoms with Crippen LogP contribution in [0.2, 0.25) is 0 Å². The van der Waals surface area contributed by atoms with Crippen molar-refractivity contribution >= 4 is 0 Å². The summed E-state index contributed by atoms with van der Waals surface area (Å²) >= 11 is 0. The standard InChI is InChI=1S/C16H23N3/c1-14(2)12-17-13-16-9-11-19(18-16)10-8-15-6-4-3-5-7-15/h3-7,9,11,14,17H,8,10,12-13H2,1-2H3. The Hall–Kier alpha value is -1.61. The van der Waals surface area contributed by atoms with Gasteiger partial charge in [-0.3, -0.25) is 4.68 Å². The quantitative estimate of drug-likeness (QED) is 0.826. The number of nitrogens with one attached hydrogen (secondary N) is 1. The van der Waals surface area contributed by atoms with Crippen molar-refractivity contribution in [1.82, 2.24) is 15.1 Å². The second-order valence-electron chi connectivity index (χ2n) is 5.33. The van der Waals surface area contributed by atoms with Crippen LogP contribution in [-0.2, 0) is 19.5 Å². The van der Waals surface area contributed by atoms with Crippen molar-refractivity contribution in [3.05, 3.63) is 53.9 Å². The van der Waals surface area contributed by atoms with E-state index in [1.807, 2.05) is 4.68 Å². The zero-order valence-electron chi connectivity index (χ0n) is 11.8. The third-order valence-electron chi connectivity index (χ3n) is 3.03. The molecule has 0 aliphatic heterocycles. The van der Waals surface area contributed by atoms with Gasteiger partial charge in [-0.25, -0.2) is 0 Å². The summed E-state index contributed by atoms with van der Waals surface area (Å²) in [4.78, 5) is 0. The molecule has 0 spiro atoms. The third kappa shape index (κ3) is 4.87. The maximum atomic E-state index is 4.58. The fourth-order valence-corrected chi connectivity index (χ4v) is 2.00. The van der Waals surface area contributed by atoms with Gasteiger partial charge in [0.1, 0.15) is 0 Å². The van der Waals surface area contributed by atoms with Crippen LogP contribution in [0.5, 0.6) is 0 Å². The summed E-state index contributed by atoms with van der Waals surface area (Å²) in [5, 5.41) is 7.99. The molecule has 0 saturated heterocycles. The van der Waals surface area contributed by atoms with Crippen LogP contribution in [0.25, 0.3) is 0 Å². The van der Waals surface area contributed by atoms with E-state index in [0.29, 0.717) is 5.92 Å². The zero-order chi connectivity index (χ0) is 13.5. The average molecular weight is 257 g/mol. The summed E-state index contributed by atoms with van der Waals surface area (Å²) in [6.07, 6.45) is 3.09. The maximum Gasteiger partial charge on any atom is 0.0762 e. The van der Waals surface area contributed by atoms with E-state index in [-0.39, 0.29) is 0 Å². The zero-order valence-corrected chi connectivity index (χ0v) is 11.8. The summed E-state index contributed by atoms with van der Waals surface area (Å²) in [6.45, 7) is 7.26. The first-order valence-corrected chi connectivity index (χ1v) is 7.01. The van der Waals surface area contributed by atoms with E-state index in [9.17, 15) is 0 Å². The molecule has 1 aromatic heterocycles. The lowest BCUT2D eigenvalue weighted by molar-refractivity contribution is 0.538. The summed E-state index contributed by atoms with van der Waals surface area (Å²) in [6, 6.07) is 12.6. The Morgan fingerprint density at radius 2 is 1.95 bits per heavy atom. The molecule has 102 valence electrons. The van der Waals surface area contributed by atoms with Gasteiger partial charge in [-0.15, -0.1) is 0 Å². The van der Waals surface area contributed by atoms with Crippen LogP contribution in [-0.4, -0.2) is 16.3 Å². The van der Waals surface area contributed by atoms with E-state index < -0.39 is 0 Å². The van der Waals surface area contributed by atoms with E-state index in [1.54, 1.807) is 0 Å². The fourth-order valence-electron chi connectivity index (χ4n) is 2.00. The Morgan fingerprint density at radius 1 is 1.16 bits per heavy atom. The van der Waals surface area contributed by atoms with Gasteiger partial charge in [0.15, 0.2) is 0 Å². The van der Waals surface area contributed by atoms with E-state index in [0.717, 1.165) is 31.7 Å². The highest BCUT2D eigenvalue weighted by molar-refractivity contribution is 5.14. The van der Waals surface area contributed by atoms with E-state index >= 15 is 0 Å². The predicted octanol–water partition coefficient (Wildman–Crippen LogP) is 2.87. The van der Waals surface area contributed by atoms with Crippen molar-refractivity contribution in [2.24, 2.45) is 5.92 Å². The normalized spacial score (nSPS) is 11.1. The second-order valence-corrected chi connectivity index (χ2v) is 5.33. The minimum atomic E-state index is 0.681. The molecule has 0 atom stereocenters. The molecule has 2 aromatic rings. The molecule has 0 unspecified atom stereocenters. The summed E-state index contributed by atoms with van der Waals surface area (Å²) in [5.41, 5.74) is 2.48. The molecule has 1 aromatic carbocycles. The van der Waals surface area contributed by atoms with Crippen molar-refractivity contribution in [3.8, 4) is 0 Å². The molecule has 3 nitrogen and oxygen atoms in total. The van der Waals surface area contributed by atoms with Crippen LogP contribution >= 0.6 is 0 Å². The van der Waals surface area contributed by atoms with Gasteiger partial charge in [-0.1, -0.05) is 44.2 Å². The summed E-state index contributed by atoms with van der Waals surface area (Å²) < 4.78 is 2.03. The van der Waals surface area contributed by atoms with Crippen LogP contribution in [0.4, 0.5) is 0 Å². The van der Waals surface area contributed by atoms with Gasteiger partial charge in [0.25, 0.3) is 0 Å². The molecule has 0 amide bonds. The number of benzene rings is 1. The predicted molar refractivity (Wildman–Crippen MR) is 78.9 cm³/mol. The van der Waals surface area contributed by atoms with Crippen LogP contribution in [0, 0.1) is 5.92 Å². The Kier molecular flexibility index (Phi) is 5.16. The second kappa shape index (κ2) is 7.10. The monoisotopic (exact) mass is 257 g/mol. The van der Waals surface area contributed by atoms with Gasteiger partial charge in [0.05, 0.1) is 5.69 Å². The molecule has 0 aliphatic carbocycles. The van der Waals surface area contributed by atoms with Gasteiger partial charge >= 0.3 is 0 Å². The van der Waals surface area contributed by atoms with Crippen LogP contribution in [0.3, 0.4) is 0 Å². The van der Waals surface area contributed by atoms with Gasteiger partial charge < -0.3 is 5.32 Å². The van der Waals surface area contributed by atoms with Crippen molar-refractivity contribution in [1.29, 1.82) is 0 Å². The van der Waals surface area contributed by atoms with Crippen LogP contribution in [0.15, 0.2) is 42.6 Å². The number of hydrogen-bond donors (Lipinski definition) is 1. The molecule has 0 bridgehead atoms. The smallest absolute Gasteiger partial charge is 0.0762 e. The minimum Gasteiger partial charge on any atom is -0.311 e. The molecule has 0 radical (unpaired) electrons. The van der Waals surface area contributed by atoms with Crippen LogP contribution in [0.1, 0.15) is 25.1 Å².